The molecule has 1 fully saturated rings. The highest BCUT2D eigenvalue weighted by Crippen LogP contribution is 2.31. The monoisotopic (exact) mass is 425 g/mol. The molecule has 0 saturated carbocycles. The van der Waals surface area contributed by atoms with Gasteiger partial charge in [0.1, 0.15) is 0 Å². The third-order valence-electron chi connectivity index (χ3n) is 4.95. The third-order valence-corrected chi connectivity index (χ3v) is 4.95. The molecular formula is C20H26F3N5O2. The molecule has 1 aliphatic rings. The van der Waals surface area contributed by atoms with Gasteiger partial charge in [0.05, 0.1) is 5.56 Å². The highest BCUT2D eigenvalue weighted by molar-refractivity contribution is 5.74. The Balaban J connectivity index is 1.41. The third kappa shape index (κ3) is 5.64. The molecule has 7 nitrogen and oxygen atoms in total. The topological polar surface area (TPSA) is 74.5 Å². The average Bonchev–Trinajstić information content (AvgIpc) is 3.20. The van der Waals surface area contributed by atoms with Crippen molar-refractivity contribution in [3.05, 3.63) is 41.5 Å². The molecule has 0 atom stereocenters. The zero-order valence-corrected chi connectivity index (χ0v) is 17.1. The number of halogens is 3. The van der Waals surface area contributed by atoms with Crippen LogP contribution in [0.2, 0.25) is 0 Å². The summed E-state index contributed by atoms with van der Waals surface area (Å²) in [7, 11) is 0. The molecule has 2 heterocycles. The molecule has 1 aromatic heterocycles. The molecule has 0 radical (unpaired) electrons. The number of amides is 2. The van der Waals surface area contributed by atoms with Crippen molar-refractivity contribution in [2.75, 3.05) is 37.6 Å². The maximum Gasteiger partial charge on any atom is 0.416 e. The summed E-state index contributed by atoms with van der Waals surface area (Å²) in [5.41, 5.74) is -0.146. The summed E-state index contributed by atoms with van der Waals surface area (Å²) in [6, 6.07) is 5.10. The van der Waals surface area contributed by atoms with Crippen LogP contribution in [0.5, 0.6) is 0 Å². The van der Waals surface area contributed by atoms with Gasteiger partial charge in [-0.15, -0.1) is 0 Å². The first kappa shape index (κ1) is 21.9. The number of nitrogens with one attached hydrogen (secondary N) is 1. The van der Waals surface area contributed by atoms with Gasteiger partial charge >= 0.3 is 12.2 Å². The summed E-state index contributed by atoms with van der Waals surface area (Å²) < 4.78 is 43.9. The molecule has 30 heavy (non-hydrogen) atoms. The van der Waals surface area contributed by atoms with Crippen LogP contribution < -0.4 is 10.2 Å². The summed E-state index contributed by atoms with van der Waals surface area (Å²) in [5, 5.41) is 6.77. The van der Waals surface area contributed by atoms with Gasteiger partial charge in [0, 0.05) is 50.7 Å². The van der Waals surface area contributed by atoms with Crippen LogP contribution in [0.3, 0.4) is 0 Å². The van der Waals surface area contributed by atoms with E-state index in [9.17, 15) is 18.0 Å². The van der Waals surface area contributed by atoms with E-state index in [0.717, 1.165) is 12.1 Å². The lowest BCUT2D eigenvalue weighted by molar-refractivity contribution is -0.137. The quantitative estimate of drug-likeness (QED) is 0.715. The Morgan fingerprint density at radius 3 is 2.60 bits per heavy atom. The van der Waals surface area contributed by atoms with Gasteiger partial charge in [-0.2, -0.15) is 18.2 Å². The molecule has 1 aliphatic heterocycles. The van der Waals surface area contributed by atoms with Crippen molar-refractivity contribution in [2.45, 2.75) is 38.8 Å². The first-order chi connectivity index (χ1) is 14.2. The maximum atomic E-state index is 12.9. The number of carbonyl (C=O) groups is 1. The first-order valence-corrected chi connectivity index (χ1v) is 10.0. The van der Waals surface area contributed by atoms with E-state index in [4.69, 9.17) is 4.52 Å². The number of urea groups is 1. The van der Waals surface area contributed by atoms with Crippen LogP contribution in [0.1, 0.15) is 43.5 Å². The molecule has 1 aromatic carbocycles. The normalized spacial score (nSPS) is 15.0. The molecule has 1 saturated heterocycles. The lowest BCUT2D eigenvalue weighted by Gasteiger charge is -2.36. The largest absolute Gasteiger partial charge is 0.416 e. The van der Waals surface area contributed by atoms with E-state index >= 15 is 0 Å². The number of alkyl halides is 3. The number of nitrogens with zero attached hydrogens (tertiary/aromatic N) is 4. The summed E-state index contributed by atoms with van der Waals surface area (Å²) >= 11 is 0. The summed E-state index contributed by atoms with van der Waals surface area (Å²) in [6.07, 6.45) is -3.10. The van der Waals surface area contributed by atoms with Crippen molar-refractivity contribution < 1.29 is 22.5 Å². The van der Waals surface area contributed by atoms with Crippen LogP contribution in [-0.4, -0.2) is 53.8 Å². The molecule has 164 valence electrons. The summed E-state index contributed by atoms with van der Waals surface area (Å²) in [4.78, 5) is 20.2. The van der Waals surface area contributed by atoms with Gasteiger partial charge in [0.15, 0.2) is 5.82 Å². The number of aromatic nitrogens is 2. The van der Waals surface area contributed by atoms with Crippen molar-refractivity contribution in [3.8, 4) is 0 Å². The zero-order chi connectivity index (χ0) is 21.7. The van der Waals surface area contributed by atoms with Gasteiger partial charge in [0.2, 0.25) is 5.89 Å². The Morgan fingerprint density at radius 1 is 1.23 bits per heavy atom. The highest BCUT2D eigenvalue weighted by Gasteiger charge is 2.31. The molecule has 3 rings (SSSR count). The Kier molecular flexibility index (Phi) is 6.84. The predicted octanol–water partition coefficient (Wildman–Crippen LogP) is 3.68. The molecule has 0 spiro atoms. The molecule has 0 unspecified atom stereocenters. The Bertz CT molecular complexity index is 845. The number of benzene rings is 1. The lowest BCUT2D eigenvalue weighted by atomic mass is 10.1. The SMILES string of the molecule is CC(C)c1noc(CCCNC(=O)N2CCN(c3cccc(C(F)(F)F)c3)CC2)n1. The Labute approximate surface area is 173 Å². The molecule has 10 heteroatoms. The second-order valence-electron chi connectivity index (χ2n) is 7.56. The number of hydrogen-bond donors (Lipinski definition) is 1. The predicted molar refractivity (Wildman–Crippen MR) is 105 cm³/mol. The van der Waals surface area contributed by atoms with E-state index in [1.807, 2.05) is 18.7 Å². The van der Waals surface area contributed by atoms with E-state index in [1.165, 1.54) is 6.07 Å². The van der Waals surface area contributed by atoms with Gasteiger partial charge in [0.25, 0.3) is 0 Å². The van der Waals surface area contributed by atoms with Gasteiger partial charge in [-0.3, -0.25) is 0 Å². The number of aryl methyl sites for hydroxylation is 1. The molecular weight excluding hydrogens is 399 g/mol. The number of rotatable bonds is 6. The van der Waals surface area contributed by atoms with Gasteiger partial charge in [-0.25, -0.2) is 4.79 Å². The van der Waals surface area contributed by atoms with E-state index in [-0.39, 0.29) is 11.9 Å². The van der Waals surface area contributed by atoms with Crippen LogP contribution in [0, 0.1) is 0 Å². The minimum Gasteiger partial charge on any atom is -0.368 e. The smallest absolute Gasteiger partial charge is 0.368 e. The fourth-order valence-corrected chi connectivity index (χ4v) is 3.20. The van der Waals surface area contributed by atoms with Gasteiger partial charge < -0.3 is 19.6 Å². The molecule has 1 N–H and O–H groups in total. The van der Waals surface area contributed by atoms with Crippen LogP contribution in [0.25, 0.3) is 0 Å². The summed E-state index contributed by atoms with van der Waals surface area (Å²) in [6.45, 7) is 6.31. The van der Waals surface area contributed by atoms with Crippen molar-refractivity contribution in [1.29, 1.82) is 0 Å². The fourth-order valence-electron chi connectivity index (χ4n) is 3.20. The molecule has 0 aliphatic carbocycles. The molecule has 2 amide bonds. The number of carbonyl (C=O) groups excluding carboxylic acids is 1. The van der Waals surface area contributed by atoms with Crippen molar-refractivity contribution in [1.82, 2.24) is 20.4 Å². The van der Waals surface area contributed by atoms with Crippen LogP contribution in [0.15, 0.2) is 28.8 Å². The first-order valence-electron chi connectivity index (χ1n) is 10.0. The van der Waals surface area contributed by atoms with E-state index in [0.29, 0.717) is 63.0 Å². The number of hydrogen-bond acceptors (Lipinski definition) is 5. The van der Waals surface area contributed by atoms with E-state index < -0.39 is 11.7 Å². The Morgan fingerprint density at radius 2 is 1.97 bits per heavy atom. The van der Waals surface area contributed by atoms with Crippen LogP contribution in [-0.2, 0) is 12.6 Å². The maximum absolute atomic E-state index is 12.9. The van der Waals surface area contributed by atoms with Crippen molar-refractivity contribution in [2.24, 2.45) is 0 Å². The number of anilines is 1. The van der Waals surface area contributed by atoms with Gasteiger partial charge in [-0.05, 0) is 24.6 Å². The average molecular weight is 425 g/mol. The summed E-state index contributed by atoms with van der Waals surface area (Å²) in [5.74, 6) is 1.44. The standard InChI is InChI=1S/C20H26F3N5O2/c1-14(2)18-25-17(30-26-18)7-4-8-24-19(29)28-11-9-27(10-12-28)16-6-3-5-15(13-16)20(21,22)23/h3,5-6,13-14H,4,7-12H2,1-2H3,(H,24,29). The minimum absolute atomic E-state index is 0.174. The van der Waals surface area contributed by atoms with Crippen molar-refractivity contribution >= 4 is 11.7 Å². The minimum atomic E-state index is -4.37. The van der Waals surface area contributed by atoms with Crippen molar-refractivity contribution in [3.63, 3.8) is 0 Å². The van der Waals surface area contributed by atoms with E-state index in [1.54, 1.807) is 11.0 Å². The molecule has 2 aromatic rings. The second kappa shape index (κ2) is 9.36. The van der Waals surface area contributed by atoms with Crippen LogP contribution >= 0.6 is 0 Å². The molecule has 0 bridgehead atoms. The fraction of sp³-hybridized carbons (Fsp3) is 0.550. The Hall–Kier alpha value is -2.78. The van der Waals surface area contributed by atoms with Crippen LogP contribution in [0.4, 0.5) is 23.7 Å². The second-order valence-corrected chi connectivity index (χ2v) is 7.56. The van der Waals surface area contributed by atoms with E-state index in [2.05, 4.69) is 15.5 Å². The zero-order valence-electron chi connectivity index (χ0n) is 17.1. The highest BCUT2D eigenvalue weighted by atomic mass is 19.4. The van der Waals surface area contributed by atoms with Gasteiger partial charge in [-0.1, -0.05) is 25.1 Å². The number of piperazine rings is 1. The lowest BCUT2D eigenvalue weighted by Crippen LogP contribution is -2.52.